The standard InChI is InChI=1S/C39H41N3O6/c1-3-38-21-11-24-41(29-17-19-30(20-18-29)47-4-2)35(44)32(38)33-36(45)42(31(26-43)28-15-9-6-10-16-28)34-37(46)40(23-12-22-39(33,34)48-38)25-27-13-7-5-8-14-27/h5-22,31-34,43H,3-4,23-26H2,1-2H3/t31-,32-,33+,34?,38+,39+/m1/s1. The van der Waals surface area contributed by atoms with E-state index in [1.54, 1.807) is 9.80 Å². The molecular formula is C39H41N3O6. The molecule has 248 valence electrons. The summed E-state index contributed by atoms with van der Waals surface area (Å²) in [4.78, 5) is 49.8. The highest BCUT2D eigenvalue weighted by Gasteiger charge is 2.76. The van der Waals surface area contributed by atoms with Gasteiger partial charge >= 0.3 is 0 Å². The fourth-order valence-corrected chi connectivity index (χ4v) is 8.18. The normalized spacial score (nSPS) is 28.5. The number of carbonyl (C=O) groups excluding carboxylic acids is 3. The first-order valence-electron chi connectivity index (χ1n) is 16.8. The second-order valence-electron chi connectivity index (χ2n) is 12.9. The molecule has 2 fully saturated rings. The number of nitrogens with zero attached hydrogens (tertiary/aromatic N) is 3. The van der Waals surface area contributed by atoms with Crippen LogP contribution in [0.5, 0.6) is 5.75 Å². The van der Waals surface area contributed by atoms with Crippen molar-refractivity contribution in [2.45, 2.75) is 50.1 Å². The summed E-state index contributed by atoms with van der Waals surface area (Å²) in [5.41, 5.74) is -0.230. The molecule has 4 heterocycles. The first-order valence-corrected chi connectivity index (χ1v) is 16.8. The zero-order valence-electron chi connectivity index (χ0n) is 27.3. The van der Waals surface area contributed by atoms with Gasteiger partial charge < -0.3 is 29.3 Å². The molecule has 0 aromatic heterocycles. The minimum absolute atomic E-state index is 0.242. The lowest BCUT2D eigenvalue weighted by molar-refractivity contribution is -0.156. The Morgan fingerprint density at radius 3 is 2.19 bits per heavy atom. The average Bonchev–Trinajstić information content (AvgIpc) is 3.41. The lowest BCUT2D eigenvalue weighted by Gasteiger charge is -2.41. The predicted molar refractivity (Wildman–Crippen MR) is 181 cm³/mol. The van der Waals surface area contributed by atoms with Crippen molar-refractivity contribution in [1.29, 1.82) is 0 Å². The number of rotatable bonds is 9. The fourth-order valence-electron chi connectivity index (χ4n) is 8.18. The van der Waals surface area contributed by atoms with Crippen LogP contribution in [0.2, 0.25) is 0 Å². The van der Waals surface area contributed by atoms with Crippen LogP contribution in [0.25, 0.3) is 0 Å². The Morgan fingerprint density at radius 1 is 0.833 bits per heavy atom. The van der Waals surface area contributed by atoms with Crippen LogP contribution < -0.4 is 9.64 Å². The SMILES string of the molecule is CCOc1ccc(N2CC=C[C@]3(CC)O[C@]45C=CCN(Cc6ccccc6)C(=O)C4N([C@H](CO)c4ccccc4)C(=O)[C@@H]5[C@@H]3C2=O)cc1. The van der Waals surface area contributed by atoms with Gasteiger partial charge in [0.15, 0.2) is 0 Å². The van der Waals surface area contributed by atoms with Crippen LogP contribution >= 0.6 is 0 Å². The van der Waals surface area contributed by atoms with E-state index in [2.05, 4.69) is 0 Å². The lowest BCUT2D eigenvalue weighted by atomic mass is 9.73. The number of hydrogen-bond acceptors (Lipinski definition) is 6. The first kappa shape index (κ1) is 31.8. The van der Waals surface area contributed by atoms with Crippen LogP contribution in [0.4, 0.5) is 5.69 Å². The number of hydrogen-bond donors (Lipinski definition) is 1. The zero-order valence-corrected chi connectivity index (χ0v) is 27.3. The third-order valence-corrected chi connectivity index (χ3v) is 10.3. The smallest absolute Gasteiger partial charge is 0.249 e. The number of benzene rings is 3. The van der Waals surface area contributed by atoms with E-state index >= 15 is 4.79 Å². The van der Waals surface area contributed by atoms with Crippen molar-refractivity contribution in [2.24, 2.45) is 11.8 Å². The van der Waals surface area contributed by atoms with E-state index in [1.165, 1.54) is 4.90 Å². The van der Waals surface area contributed by atoms with Crippen molar-refractivity contribution < 1.29 is 29.0 Å². The van der Waals surface area contributed by atoms with E-state index in [0.29, 0.717) is 49.7 Å². The van der Waals surface area contributed by atoms with Crippen LogP contribution in [0.15, 0.2) is 109 Å². The molecule has 0 saturated carbocycles. The molecule has 0 bridgehead atoms. The second-order valence-corrected chi connectivity index (χ2v) is 12.9. The molecule has 4 aliphatic rings. The molecule has 7 rings (SSSR count). The van der Waals surface area contributed by atoms with E-state index in [0.717, 1.165) is 5.56 Å². The Morgan fingerprint density at radius 2 is 1.52 bits per heavy atom. The summed E-state index contributed by atoms with van der Waals surface area (Å²) in [7, 11) is 0. The molecule has 9 nitrogen and oxygen atoms in total. The van der Waals surface area contributed by atoms with Crippen LogP contribution in [-0.4, -0.2) is 76.2 Å². The third kappa shape index (κ3) is 5.04. The first-order chi connectivity index (χ1) is 23.4. The fraction of sp³-hybridized carbons (Fsp3) is 0.359. The van der Waals surface area contributed by atoms with E-state index in [4.69, 9.17) is 9.47 Å². The van der Waals surface area contributed by atoms with Gasteiger partial charge in [-0.05, 0) is 48.7 Å². The van der Waals surface area contributed by atoms with Crippen molar-refractivity contribution in [3.05, 3.63) is 120 Å². The maximum Gasteiger partial charge on any atom is 0.249 e. The summed E-state index contributed by atoms with van der Waals surface area (Å²) < 4.78 is 12.8. The number of amides is 3. The number of anilines is 1. The summed E-state index contributed by atoms with van der Waals surface area (Å²) in [6, 6.07) is 24.4. The molecule has 3 aromatic carbocycles. The van der Waals surface area contributed by atoms with Gasteiger partial charge in [0.05, 0.1) is 36.7 Å². The van der Waals surface area contributed by atoms with Crippen LogP contribution in [0.3, 0.4) is 0 Å². The summed E-state index contributed by atoms with van der Waals surface area (Å²) in [5.74, 6) is -2.12. The Balaban J connectivity index is 1.35. The molecule has 4 aliphatic heterocycles. The molecule has 1 N–H and O–H groups in total. The molecule has 3 amide bonds. The molecule has 9 heteroatoms. The minimum Gasteiger partial charge on any atom is -0.494 e. The number of likely N-dealkylation sites (tertiary alicyclic amines) is 1. The third-order valence-electron chi connectivity index (χ3n) is 10.3. The predicted octanol–water partition coefficient (Wildman–Crippen LogP) is 4.68. The quantitative estimate of drug-likeness (QED) is 0.339. The average molecular weight is 648 g/mol. The van der Waals surface area contributed by atoms with Crippen molar-refractivity contribution in [1.82, 2.24) is 9.80 Å². The Bertz CT molecular complexity index is 1730. The molecule has 1 unspecified atom stereocenters. The van der Waals surface area contributed by atoms with Gasteiger partial charge in [-0.3, -0.25) is 14.4 Å². The largest absolute Gasteiger partial charge is 0.494 e. The van der Waals surface area contributed by atoms with Crippen LogP contribution in [-0.2, 0) is 25.7 Å². The van der Waals surface area contributed by atoms with Crippen molar-refractivity contribution in [2.75, 3.05) is 31.2 Å². The van der Waals surface area contributed by atoms with Gasteiger partial charge in [-0.25, -0.2) is 0 Å². The highest BCUT2D eigenvalue weighted by molar-refractivity contribution is 6.04. The zero-order chi connectivity index (χ0) is 33.5. The Hall–Kier alpha value is -4.73. The molecule has 48 heavy (non-hydrogen) atoms. The van der Waals surface area contributed by atoms with E-state index in [1.807, 2.05) is 123 Å². The molecule has 2 saturated heterocycles. The van der Waals surface area contributed by atoms with Crippen molar-refractivity contribution in [3.8, 4) is 5.75 Å². The molecule has 0 radical (unpaired) electrons. The van der Waals surface area contributed by atoms with Gasteiger partial charge in [-0.1, -0.05) is 91.9 Å². The van der Waals surface area contributed by atoms with Gasteiger partial charge in [0, 0.05) is 25.3 Å². The van der Waals surface area contributed by atoms with Crippen LogP contribution in [0.1, 0.15) is 37.4 Å². The van der Waals surface area contributed by atoms with Crippen molar-refractivity contribution in [3.63, 3.8) is 0 Å². The maximum atomic E-state index is 15.1. The van der Waals surface area contributed by atoms with Gasteiger partial charge in [0.2, 0.25) is 17.7 Å². The summed E-state index contributed by atoms with van der Waals surface area (Å²) >= 11 is 0. The molecule has 0 aliphatic carbocycles. The highest BCUT2D eigenvalue weighted by Crippen LogP contribution is 2.60. The van der Waals surface area contributed by atoms with Gasteiger partial charge in [0.25, 0.3) is 0 Å². The number of ether oxygens (including phenoxy) is 2. The number of fused-ring (bicyclic) bond motifs is 2. The number of aliphatic hydroxyl groups excluding tert-OH is 1. The summed E-state index contributed by atoms with van der Waals surface area (Å²) in [5, 5.41) is 10.9. The number of carbonyl (C=O) groups is 3. The van der Waals surface area contributed by atoms with E-state index < -0.39 is 41.7 Å². The molecule has 6 atom stereocenters. The van der Waals surface area contributed by atoms with E-state index in [9.17, 15) is 14.7 Å². The van der Waals surface area contributed by atoms with Crippen molar-refractivity contribution >= 4 is 23.4 Å². The number of aliphatic hydroxyl groups is 1. The maximum absolute atomic E-state index is 15.1. The highest BCUT2D eigenvalue weighted by atomic mass is 16.5. The molecular weight excluding hydrogens is 606 g/mol. The van der Waals surface area contributed by atoms with Gasteiger partial charge in [-0.2, -0.15) is 0 Å². The van der Waals surface area contributed by atoms with Gasteiger partial charge in [-0.15, -0.1) is 0 Å². The van der Waals surface area contributed by atoms with E-state index in [-0.39, 0.29) is 17.7 Å². The lowest BCUT2D eigenvalue weighted by Crippen LogP contribution is -2.57. The summed E-state index contributed by atoms with van der Waals surface area (Å²) in [6.07, 6.45) is 8.03. The topological polar surface area (TPSA) is 99.6 Å². The minimum atomic E-state index is -1.44. The Labute approximate surface area is 281 Å². The molecule has 1 spiro atoms. The molecule has 3 aromatic rings. The van der Waals surface area contributed by atoms with Gasteiger partial charge in [0.1, 0.15) is 17.4 Å². The Kier molecular flexibility index (Phi) is 8.43. The van der Waals surface area contributed by atoms with Crippen LogP contribution in [0, 0.1) is 11.8 Å². The second kappa shape index (κ2) is 12.7. The monoisotopic (exact) mass is 647 g/mol. The summed E-state index contributed by atoms with van der Waals surface area (Å²) in [6.45, 7) is 4.95.